The van der Waals surface area contributed by atoms with E-state index in [-0.39, 0.29) is 0 Å². The molecule has 2 atom stereocenters. The quantitative estimate of drug-likeness (QED) is 0.413. The molecule has 0 spiro atoms. The average Bonchev–Trinajstić information content (AvgIpc) is 3.06. The fourth-order valence-electron chi connectivity index (χ4n) is 2.49. The SMILES string of the molecule is CCCC1OC1CCCCCCCCCCO. The number of hydrogen-bond acceptors (Lipinski definition) is 2. The van der Waals surface area contributed by atoms with E-state index in [9.17, 15) is 0 Å². The Hall–Kier alpha value is -0.0800. The molecule has 0 radical (unpaired) electrons. The Morgan fingerprint density at radius 3 is 1.88 bits per heavy atom. The molecule has 1 saturated heterocycles. The topological polar surface area (TPSA) is 32.8 Å². The van der Waals surface area contributed by atoms with Crippen LogP contribution in [0.1, 0.15) is 77.6 Å². The molecule has 1 aliphatic rings. The van der Waals surface area contributed by atoms with E-state index >= 15 is 0 Å². The Morgan fingerprint density at radius 1 is 0.765 bits per heavy atom. The third kappa shape index (κ3) is 7.77. The molecule has 17 heavy (non-hydrogen) atoms. The van der Waals surface area contributed by atoms with Gasteiger partial charge in [-0.3, -0.25) is 0 Å². The van der Waals surface area contributed by atoms with Crippen molar-refractivity contribution in [1.82, 2.24) is 0 Å². The molecule has 1 fully saturated rings. The summed E-state index contributed by atoms with van der Waals surface area (Å²) in [5, 5.41) is 8.64. The molecule has 1 aliphatic heterocycles. The van der Waals surface area contributed by atoms with Gasteiger partial charge in [0.05, 0.1) is 12.2 Å². The first-order valence-electron chi connectivity index (χ1n) is 7.64. The fraction of sp³-hybridized carbons (Fsp3) is 1.00. The number of aliphatic hydroxyl groups excluding tert-OH is 1. The van der Waals surface area contributed by atoms with Gasteiger partial charge in [0, 0.05) is 6.61 Å². The predicted octanol–water partition coefficient (Wildman–Crippen LogP) is 4.06. The van der Waals surface area contributed by atoms with E-state index < -0.39 is 0 Å². The molecule has 2 heteroatoms. The minimum absolute atomic E-state index is 0.361. The summed E-state index contributed by atoms with van der Waals surface area (Å²) in [4.78, 5) is 0. The van der Waals surface area contributed by atoms with Crippen LogP contribution < -0.4 is 0 Å². The number of aliphatic hydroxyl groups is 1. The summed E-state index contributed by atoms with van der Waals surface area (Å²) in [5.41, 5.74) is 0. The van der Waals surface area contributed by atoms with Gasteiger partial charge in [-0.1, -0.05) is 58.3 Å². The lowest BCUT2D eigenvalue weighted by Gasteiger charge is -2.01. The van der Waals surface area contributed by atoms with Gasteiger partial charge in [-0.15, -0.1) is 0 Å². The van der Waals surface area contributed by atoms with Crippen molar-refractivity contribution in [2.45, 2.75) is 89.8 Å². The van der Waals surface area contributed by atoms with Gasteiger partial charge in [-0.2, -0.15) is 0 Å². The van der Waals surface area contributed by atoms with Gasteiger partial charge in [0.2, 0.25) is 0 Å². The molecule has 0 bridgehead atoms. The monoisotopic (exact) mass is 242 g/mol. The molecule has 1 N–H and O–H groups in total. The van der Waals surface area contributed by atoms with E-state index in [4.69, 9.17) is 9.84 Å². The normalized spacial score (nSPS) is 22.9. The van der Waals surface area contributed by atoms with Crippen molar-refractivity contribution in [3.63, 3.8) is 0 Å². The highest BCUT2D eigenvalue weighted by atomic mass is 16.6. The van der Waals surface area contributed by atoms with E-state index in [0.717, 1.165) is 6.42 Å². The number of rotatable bonds is 12. The lowest BCUT2D eigenvalue weighted by atomic mass is 10.0. The summed E-state index contributed by atoms with van der Waals surface area (Å²) >= 11 is 0. The Bertz CT molecular complexity index is 170. The first-order valence-corrected chi connectivity index (χ1v) is 7.64. The van der Waals surface area contributed by atoms with E-state index in [1.807, 2.05) is 0 Å². The van der Waals surface area contributed by atoms with Crippen molar-refractivity contribution < 1.29 is 9.84 Å². The lowest BCUT2D eigenvalue weighted by molar-refractivity contribution is 0.282. The molecule has 2 unspecified atom stereocenters. The van der Waals surface area contributed by atoms with Crippen LogP contribution in [-0.2, 0) is 4.74 Å². The molecule has 1 heterocycles. The highest BCUT2D eigenvalue weighted by Crippen LogP contribution is 2.30. The molecular formula is C15H30O2. The number of ether oxygens (including phenoxy) is 1. The van der Waals surface area contributed by atoms with Crippen LogP contribution in [0.5, 0.6) is 0 Å². The zero-order chi connectivity index (χ0) is 12.3. The van der Waals surface area contributed by atoms with Gasteiger partial charge in [-0.05, 0) is 19.3 Å². The largest absolute Gasteiger partial charge is 0.396 e. The van der Waals surface area contributed by atoms with Crippen molar-refractivity contribution in [1.29, 1.82) is 0 Å². The second-order valence-corrected chi connectivity index (χ2v) is 5.34. The first kappa shape index (κ1) is 15.0. The van der Waals surface area contributed by atoms with Crippen molar-refractivity contribution in [2.75, 3.05) is 6.61 Å². The summed E-state index contributed by atoms with van der Waals surface area (Å²) in [5.74, 6) is 0. The van der Waals surface area contributed by atoms with Crippen molar-refractivity contribution in [3.8, 4) is 0 Å². The average molecular weight is 242 g/mol. The standard InChI is InChI=1S/C15H30O2/c1-2-11-14-15(17-14)12-9-7-5-3-4-6-8-10-13-16/h14-16H,2-13H2,1H3. The second-order valence-electron chi connectivity index (χ2n) is 5.34. The third-order valence-corrected chi connectivity index (χ3v) is 3.66. The summed E-state index contributed by atoms with van der Waals surface area (Å²) in [6, 6.07) is 0. The van der Waals surface area contributed by atoms with E-state index in [1.165, 1.54) is 64.2 Å². The molecule has 0 aliphatic carbocycles. The smallest absolute Gasteiger partial charge is 0.0841 e. The molecule has 0 aromatic carbocycles. The Morgan fingerprint density at radius 2 is 1.29 bits per heavy atom. The van der Waals surface area contributed by atoms with Gasteiger partial charge < -0.3 is 9.84 Å². The zero-order valence-corrected chi connectivity index (χ0v) is 11.5. The summed E-state index contributed by atoms with van der Waals surface area (Å²) in [7, 11) is 0. The van der Waals surface area contributed by atoms with Gasteiger partial charge in [0.25, 0.3) is 0 Å². The molecule has 102 valence electrons. The van der Waals surface area contributed by atoms with Crippen LogP contribution in [0, 0.1) is 0 Å². The lowest BCUT2D eigenvalue weighted by Crippen LogP contribution is -1.93. The molecule has 0 aromatic rings. The molecule has 0 aromatic heterocycles. The Balaban J connectivity index is 1.71. The van der Waals surface area contributed by atoms with Crippen LogP contribution in [0.4, 0.5) is 0 Å². The van der Waals surface area contributed by atoms with Crippen LogP contribution in [0.15, 0.2) is 0 Å². The van der Waals surface area contributed by atoms with Crippen molar-refractivity contribution >= 4 is 0 Å². The zero-order valence-electron chi connectivity index (χ0n) is 11.5. The van der Waals surface area contributed by atoms with E-state index in [1.54, 1.807) is 0 Å². The molecule has 2 nitrogen and oxygen atoms in total. The maximum absolute atomic E-state index is 8.64. The number of epoxide rings is 1. The summed E-state index contributed by atoms with van der Waals surface area (Å²) in [6.07, 6.45) is 15.3. The molecular weight excluding hydrogens is 212 g/mol. The molecule has 0 amide bonds. The van der Waals surface area contributed by atoms with Crippen molar-refractivity contribution in [3.05, 3.63) is 0 Å². The van der Waals surface area contributed by atoms with Crippen LogP contribution in [0.2, 0.25) is 0 Å². The second kappa shape index (κ2) is 9.90. The van der Waals surface area contributed by atoms with Gasteiger partial charge in [0.15, 0.2) is 0 Å². The summed E-state index contributed by atoms with van der Waals surface area (Å²) in [6.45, 7) is 2.59. The maximum atomic E-state index is 8.64. The van der Waals surface area contributed by atoms with E-state index in [0.29, 0.717) is 18.8 Å². The van der Waals surface area contributed by atoms with Crippen LogP contribution in [0.25, 0.3) is 0 Å². The number of unbranched alkanes of at least 4 members (excludes halogenated alkanes) is 7. The third-order valence-electron chi connectivity index (χ3n) is 3.66. The first-order chi connectivity index (χ1) is 8.38. The van der Waals surface area contributed by atoms with Gasteiger partial charge >= 0.3 is 0 Å². The van der Waals surface area contributed by atoms with Gasteiger partial charge in [-0.25, -0.2) is 0 Å². The molecule has 0 saturated carbocycles. The van der Waals surface area contributed by atoms with E-state index in [2.05, 4.69) is 6.92 Å². The number of hydrogen-bond donors (Lipinski definition) is 1. The Labute approximate surface area is 107 Å². The summed E-state index contributed by atoms with van der Waals surface area (Å²) < 4.78 is 5.61. The van der Waals surface area contributed by atoms with Gasteiger partial charge in [0.1, 0.15) is 0 Å². The van der Waals surface area contributed by atoms with Crippen molar-refractivity contribution in [2.24, 2.45) is 0 Å². The molecule has 1 rings (SSSR count). The minimum Gasteiger partial charge on any atom is -0.396 e. The minimum atomic E-state index is 0.361. The highest BCUT2D eigenvalue weighted by Gasteiger charge is 2.36. The fourth-order valence-corrected chi connectivity index (χ4v) is 2.49. The Kier molecular flexibility index (Phi) is 8.72. The highest BCUT2D eigenvalue weighted by molar-refractivity contribution is 4.83. The van der Waals surface area contributed by atoms with Crippen LogP contribution in [0.3, 0.4) is 0 Å². The predicted molar refractivity (Wildman–Crippen MR) is 72.2 cm³/mol. The maximum Gasteiger partial charge on any atom is 0.0841 e. The van der Waals surface area contributed by atoms with Crippen LogP contribution >= 0.6 is 0 Å². The van der Waals surface area contributed by atoms with Crippen LogP contribution in [-0.4, -0.2) is 23.9 Å².